The van der Waals surface area contributed by atoms with E-state index < -0.39 is 5.91 Å². The molecule has 0 bridgehead atoms. The lowest BCUT2D eigenvalue weighted by Crippen LogP contribution is -2.31. The number of hydrogen-bond acceptors (Lipinski definition) is 4. The Kier molecular flexibility index (Phi) is 3.29. The number of benzene rings is 1. The third-order valence-electron chi connectivity index (χ3n) is 3.32. The number of amides is 1. The highest BCUT2D eigenvalue weighted by atomic mass is 16.3. The maximum Gasteiger partial charge on any atom is 0.268 e. The fourth-order valence-corrected chi connectivity index (χ4v) is 2.29. The molecule has 3 rings (SSSR count). The van der Waals surface area contributed by atoms with Crippen molar-refractivity contribution >= 4 is 16.8 Å². The minimum absolute atomic E-state index is 0.163. The van der Waals surface area contributed by atoms with Gasteiger partial charge in [-0.25, -0.2) is 5.84 Å². The summed E-state index contributed by atoms with van der Waals surface area (Å²) in [6.45, 7) is 0.163. The van der Waals surface area contributed by atoms with E-state index in [1.54, 1.807) is 10.6 Å². The van der Waals surface area contributed by atoms with Crippen LogP contribution in [0.15, 0.2) is 57.9 Å². The van der Waals surface area contributed by atoms with Gasteiger partial charge in [0.25, 0.3) is 11.5 Å². The molecule has 2 heterocycles. The van der Waals surface area contributed by atoms with Gasteiger partial charge < -0.3 is 8.98 Å². The van der Waals surface area contributed by atoms with Crippen molar-refractivity contribution in [3.8, 4) is 0 Å². The lowest BCUT2D eigenvalue weighted by molar-refractivity contribution is 0.0951. The van der Waals surface area contributed by atoms with Crippen molar-refractivity contribution in [1.29, 1.82) is 0 Å². The minimum atomic E-state index is -0.452. The van der Waals surface area contributed by atoms with E-state index in [0.29, 0.717) is 11.3 Å². The van der Waals surface area contributed by atoms with Crippen molar-refractivity contribution in [2.75, 3.05) is 0 Å². The van der Waals surface area contributed by atoms with E-state index in [0.717, 1.165) is 10.9 Å². The molecule has 0 atom stereocenters. The summed E-state index contributed by atoms with van der Waals surface area (Å²) in [5, 5.41) is 0.938. The molecular weight excluding hydrogens is 270 g/mol. The molecule has 1 aromatic carbocycles. The quantitative estimate of drug-likeness (QED) is 0.430. The molecule has 21 heavy (non-hydrogen) atoms. The zero-order chi connectivity index (χ0) is 14.8. The van der Waals surface area contributed by atoms with Crippen LogP contribution in [-0.4, -0.2) is 10.5 Å². The summed E-state index contributed by atoms with van der Waals surface area (Å²) in [5.41, 5.74) is 2.99. The Morgan fingerprint density at radius 1 is 1.19 bits per heavy atom. The van der Waals surface area contributed by atoms with Crippen LogP contribution in [0.2, 0.25) is 0 Å². The normalized spacial score (nSPS) is 10.7. The third-order valence-corrected chi connectivity index (χ3v) is 3.32. The van der Waals surface area contributed by atoms with Crippen molar-refractivity contribution in [3.63, 3.8) is 0 Å². The molecule has 0 aliphatic carbocycles. The van der Waals surface area contributed by atoms with Crippen LogP contribution >= 0.6 is 0 Å². The van der Waals surface area contributed by atoms with Gasteiger partial charge in [-0.3, -0.25) is 15.0 Å². The van der Waals surface area contributed by atoms with Crippen molar-refractivity contribution in [2.45, 2.75) is 6.54 Å². The van der Waals surface area contributed by atoms with Gasteiger partial charge in [-0.2, -0.15) is 0 Å². The number of fused-ring (bicyclic) bond motifs is 1. The lowest BCUT2D eigenvalue weighted by Gasteiger charge is -2.09. The molecule has 0 aliphatic rings. The predicted molar refractivity (Wildman–Crippen MR) is 77.7 cm³/mol. The van der Waals surface area contributed by atoms with Gasteiger partial charge in [0, 0.05) is 6.07 Å². The van der Waals surface area contributed by atoms with Crippen LogP contribution in [0, 0.1) is 0 Å². The zero-order valence-corrected chi connectivity index (χ0v) is 11.1. The topological polar surface area (TPSA) is 90.3 Å². The summed E-state index contributed by atoms with van der Waals surface area (Å²) in [5.74, 6) is 5.07. The van der Waals surface area contributed by atoms with Crippen LogP contribution in [-0.2, 0) is 6.54 Å². The van der Waals surface area contributed by atoms with E-state index in [2.05, 4.69) is 5.43 Å². The molecule has 0 fully saturated rings. The second kappa shape index (κ2) is 5.26. The van der Waals surface area contributed by atoms with Gasteiger partial charge in [-0.05, 0) is 23.6 Å². The smallest absolute Gasteiger partial charge is 0.268 e. The van der Waals surface area contributed by atoms with Crippen molar-refractivity contribution in [1.82, 2.24) is 9.99 Å². The van der Waals surface area contributed by atoms with Crippen molar-refractivity contribution < 1.29 is 9.21 Å². The summed E-state index contributed by atoms with van der Waals surface area (Å²) in [6.07, 6.45) is 1.40. The highest BCUT2D eigenvalue weighted by Gasteiger charge is 2.15. The van der Waals surface area contributed by atoms with E-state index in [9.17, 15) is 9.59 Å². The van der Waals surface area contributed by atoms with Crippen molar-refractivity contribution in [3.05, 3.63) is 70.4 Å². The summed E-state index contributed by atoms with van der Waals surface area (Å²) in [6, 6.07) is 12.3. The Morgan fingerprint density at radius 2 is 2.00 bits per heavy atom. The standard InChI is InChI=1S/C15H13N3O3/c16-17-15(20)11-7-8-21-13(11)9-18-12-4-2-1-3-10(12)5-6-14(18)19/h1-8H,9,16H2,(H,17,20). The van der Waals surface area contributed by atoms with Gasteiger partial charge in [0.1, 0.15) is 5.76 Å². The molecule has 3 aromatic rings. The Hall–Kier alpha value is -2.86. The molecule has 1 amide bonds. The highest BCUT2D eigenvalue weighted by Crippen LogP contribution is 2.16. The van der Waals surface area contributed by atoms with Crippen molar-refractivity contribution in [2.24, 2.45) is 5.84 Å². The molecule has 0 radical (unpaired) electrons. The van der Waals surface area contributed by atoms with E-state index in [1.165, 1.54) is 18.4 Å². The number of aromatic nitrogens is 1. The lowest BCUT2D eigenvalue weighted by atomic mass is 10.2. The van der Waals surface area contributed by atoms with Gasteiger partial charge in [-0.1, -0.05) is 18.2 Å². The number of rotatable bonds is 3. The molecular formula is C15H13N3O3. The third kappa shape index (κ3) is 2.32. The van der Waals surface area contributed by atoms with Crippen LogP contribution in [0.5, 0.6) is 0 Å². The summed E-state index contributed by atoms with van der Waals surface area (Å²) >= 11 is 0. The summed E-state index contributed by atoms with van der Waals surface area (Å²) < 4.78 is 6.88. The van der Waals surface area contributed by atoms with Crippen LogP contribution in [0.4, 0.5) is 0 Å². The molecule has 0 saturated heterocycles. The van der Waals surface area contributed by atoms with Crippen LogP contribution in [0.25, 0.3) is 10.9 Å². The largest absolute Gasteiger partial charge is 0.467 e. The Balaban J connectivity index is 2.11. The molecule has 6 heteroatoms. The monoisotopic (exact) mass is 283 g/mol. The van der Waals surface area contributed by atoms with Crippen LogP contribution in [0.1, 0.15) is 16.1 Å². The molecule has 6 nitrogen and oxygen atoms in total. The number of nitrogen functional groups attached to an aromatic ring is 1. The van der Waals surface area contributed by atoms with Gasteiger partial charge >= 0.3 is 0 Å². The number of furan rings is 1. The van der Waals surface area contributed by atoms with Crippen LogP contribution < -0.4 is 16.8 Å². The fourth-order valence-electron chi connectivity index (χ4n) is 2.29. The molecule has 0 saturated carbocycles. The minimum Gasteiger partial charge on any atom is -0.467 e. The Morgan fingerprint density at radius 3 is 2.81 bits per heavy atom. The number of nitrogens with two attached hydrogens (primary N) is 1. The van der Waals surface area contributed by atoms with E-state index in [4.69, 9.17) is 10.3 Å². The average molecular weight is 283 g/mol. The SMILES string of the molecule is NNC(=O)c1ccoc1Cn1c(=O)ccc2ccccc21. The van der Waals surface area contributed by atoms with Crippen LogP contribution in [0.3, 0.4) is 0 Å². The van der Waals surface area contributed by atoms with E-state index in [1.807, 2.05) is 24.3 Å². The van der Waals surface area contributed by atoms with Gasteiger partial charge in [0.2, 0.25) is 0 Å². The number of para-hydroxylation sites is 1. The zero-order valence-electron chi connectivity index (χ0n) is 11.1. The second-order valence-electron chi connectivity index (χ2n) is 4.55. The molecule has 0 unspecified atom stereocenters. The highest BCUT2D eigenvalue weighted by molar-refractivity contribution is 5.94. The fraction of sp³-hybridized carbons (Fsp3) is 0.0667. The summed E-state index contributed by atoms with van der Waals surface area (Å²) in [7, 11) is 0. The van der Waals surface area contributed by atoms with Gasteiger partial charge in [0.05, 0.1) is 23.9 Å². The number of carbonyl (C=O) groups excluding carboxylic acids is 1. The first-order valence-corrected chi connectivity index (χ1v) is 6.36. The number of hydrazine groups is 1. The first-order valence-electron chi connectivity index (χ1n) is 6.36. The molecule has 0 spiro atoms. The summed E-state index contributed by atoms with van der Waals surface area (Å²) in [4.78, 5) is 23.8. The average Bonchev–Trinajstić information content (AvgIpc) is 2.97. The van der Waals surface area contributed by atoms with Gasteiger partial charge in [0.15, 0.2) is 0 Å². The van der Waals surface area contributed by atoms with E-state index in [-0.39, 0.29) is 12.1 Å². The maximum atomic E-state index is 12.1. The second-order valence-corrected chi connectivity index (χ2v) is 4.55. The Labute approximate surface area is 119 Å². The Bertz CT molecular complexity index is 864. The predicted octanol–water partition coefficient (Wildman–Crippen LogP) is 1.25. The van der Waals surface area contributed by atoms with Gasteiger partial charge in [-0.15, -0.1) is 0 Å². The number of nitrogens with one attached hydrogen (secondary N) is 1. The number of hydrogen-bond donors (Lipinski definition) is 2. The number of nitrogens with zero attached hydrogens (tertiary/aromatic N) is 1. The number of pyridine rings is 1. The maximum absolute atomic E-state index is 12.1. The molecule has 0 aliphatic heterocycles. The number of carbonyl (C=O) groups is 1. The van der Waals surface area contributed by atoms with E-state index >= 15 is 0 Å². The molecule has 106 valence electrons. The molecule has 2 aromatic heterocycles. The first-order chi connectivity index (χ1) is 10.2. The molecule has 3 N–H and O–H groups in total. The first kappa shape index (κ1) is 13.1.